The van der Waals surface area contributed by atoms with Crippen molar-refractivity contribution in [3.05, 3.63) is 63.2 Å². The highest BCUT2D eigenvalue weighted by molar-refractivity contribution is 9.10. The number of nitrogens with one attached hydrogen (secondary N) is 1. The molecule has 0 unspecified atom stereocenters. The maximum atomic E-state index is 12.9. The first-order valence-corrected chi connectivity index (χ1v) is 10.1. The summed E-state index contributed by atoms with van der Waals surface area (Å²) < 4.78 is 19.0. The Balaban J connectivity index is 1.62. The van der Waals surface area contributed by atoms with Crippen molar-refractivity contribution in [1.29, 1.82) is 0 Å². The van der Waals surface area contributed by atoms with E-state index in [-0.39, 0.29) is 18.1 Å². The van der Waals surface area contributed by atoms with Crippen molar-refractivity contribution in [2.45, 2.75) is 0 Å². The minimum atomic E-state index is -0.433. The Morgan fingerprint density at radius 3 is 2.67 bits per heavy atom. The number of halogens is 2. The summed E-state index contributed by atoms with van der Waals surface area (Å²) in [6.45, 7) is -0.321. The third-order valence-electron chi connectivity index (χ3n) is 3.86. The average molecular weight is 489 g/mol. The van der Waals surface area contributed by atoms with E-state index in [1.54, 1.807) is 24.3 Å². The van der Waals surface area contributed by atoms with Crippen LogP contribution in [0.5, 0.6) is 5.75 Å². The molecule has 1 saturated heterocycles. The molecule has 9 heteroatoms. The van der Waals surface area contributed by atoms with Crippen LogP contribution in [0.25, 0.3) is 6.08 Å². The number of imide groups is 1. The van der Waals surface area contributed by atoms with E-state index in [0.717, 1.165) is 16.7 Å². The number of hydrogen-bond acceptors (Lipinski definition) is 5. The summed E-state index contributed by atoms with van der Waals surface area (Å²) in [5.41, 5.74) is 1.12. The first-order chi connectivity index (χ1) is 14.4. The van der Waals surface area contributed by atoms with Gasteiger partial charge < -0.3 is 10.1 Å². The van der Waals surface area contributed by atoms with Crippen LogP contribution in [-0.4, -0.2) is 35.1 Å². The molecule has 152 valence electrons. The predicted molar refractivity (Wildman–Crippen MR) is 116 cm³/mol. The Morgan fingerprint density at radius 1 is 1.27 bits per heavy atom. The second kappa shape index (κ2) is 9.61. The molecular formula is C21H14BrFN2O4S. The quantitative estimate of drug-likeness (QED) is 0.485. The fourth-order valence-corrected chi connectivity index (χ4v) is 3.83. The minimum absolute atomic E-state index is 0.0710. The number of benzene rings is 2. The lowest BCUT2D eigenvalue weighted by molar-refractivity contribution is -0.122. The number of ether oxygens (including phenoxy) is 1. The molecule has 2 aromatic carbocycles. The summed E-state index contributed by atoms with van der Waals surface area (Å²) in [5.74, 6) is 1.47. The number of terminal acetylenes is 1. The molecule has 0 atom stereocenters. The molecule has 1 fully saturated rings. The summed E-state index contributed by atoms with van der Waals surface area (Å²) in [7, 11) is 0. The average Bonchev–Trinajstić information content (AvgIpc) is 2.97. The van der Waals surface area contributed by atoms with Crippen LogP contribution < -0.4 is 10.1 Å². The largest absolute Gasteiger partial charge is 0.483 e. The van der Waals surface area contributed by atoms with E-state index in [1.807, 2.05) is 0 Å². The van der Waals surface area contributed by atoms with Crippen LogP contribution in [0, 0.1) is 18.2 Å². The van der Waals surface area contributed by atoms with Crippen LogP contribution in [0.4, 0.5) is 14.9 Å². The van der Waals surface area contributed by atoms with Gasteiger partial charge in [-0.15, -0.1) is 6.42 Å². The molecule has 3 amide bonds. The topological polar surface area (TPSA) is 75.7 Å². The van der Waals surface area contributed by atoms with E-state index in [2.05, 4.69) is 27.2 Å². The molecule has 0 aliphatic carbocycles. The summed E-state index contributed by atoms with van der Waals surface area (Å²) >= 11 is 4.18. The summed E-state index contributed by atoms with van der Waals surface area (Å²) in [6.07, 6.45) is 6.76. The van der Waals surface area contributed by atoms with E-state index >= 15 is 0 Å². The van der Waals surface area contributed by atoms with Gasteiger partial charge in [-0.05, 0) is 75.7 Å². The molecule has 1 aliphatic rings. The molecule has 2 aromatic rings. The van der Waals surface area contributed by atoms with Crippen LogP contribution in [-0.2, 0) is 9.59 Å². The molecule has 1 aliphatic heterocycles. The molecule has 3 rings (SSSR count). The van der Waals surface area contributed by atoms with Gasteiger partial charge in [-0.25, -0.2) is 4.39 Å². The Hall–Kier alpha value is -3.09. The molecule has 0 aromatic heterocycles. The van der Waals surface area contributed by atoms with Gasteiger partial charge in [0.05, 0.1) is 15.9 Å². The fraction of sp³-hybridized carbons (Fsp3) is 0.0952. The van der Waals surface area contributed by atoms with Crippen LogP contribution in [0.15, 0.2) is 51.8 Å². The molecule has 0 spiro atoms. The first kappa shape index (κ1) is 21.6. The van der Waals surface area contributed by atoms with Gasteiger partial charge in [-0.1, -0.05) is 12.0 Å². The third-order valence-corrected chi connectivity index (χ3v) is 5.39. The Bertz CT molecular complexity index is 1080. The van der Waals surface area contributed by atoms with E-state index in [0.29, 0.717) is 21.5 Å². The number of rotatable bonds is 6. The second-order valence-electron chi connectivity index (χ2n) is 6.01. The van der Waals surface area contributed by atoms with Crippen molar-refractivity contribution < 1.29 is 23.5 Å². The standard InChI is InChI=1S/C21H14BrFN2O4S/c1-2-9-25-20(27)18(30-21(25)28)11-13-3-8-17(16(22)10-13)29-12-19(26)24-15-6-4-14(23)5-7-15/h1,3-8,10-11H,9,12H2,(H,24,26)/b18-11-. The zero-order chi connectivity index (χ0) is 21.7. The van der Waals surface area contributed by atoms with Gasteiger partial charge in [0.15, 0.2) is 6.61 Å². The van der Waals surface area contributed by atoms with Crippen molar-refractivity contribution in [3.8, 4) is 18.1 Å². The van der Waals surface area contributed by atoms with Crippen LogP contribution >= 0.6 is 27.7 Å². The van der Waals surface area contributed by atoms with E-state index in [1.165, 1.54) is 24.3 Å². The van der Waals surface area contributed by atoms with Gasteiger partial charge in [0.2, 0.25) is 0 Å². The summed E-state index contributed by atoms with van der Waals surface area (Å²) in [5, 5.41) is 2.19. The maximum absolute atomic E-state index is 12.9. The van der Waals surface area contributed by atoms with Crippen molar-refractivity contribution in [1.82, 2.24) is 4.90 Å². The van der Waals surface area contributed by atoms with Crippen LogP contribution in [0.1, 0.15) is 5.56 Å². The number of anilines is 1. The lowest BCUT2D eigenvalue weighted by Crippen LogP contribution is -2.28. The highest BCUT2D eigenvalue weighted by Gasteiger charge is 2.34. The Morgan fingerprint density at radius 2 is 2.00 bits per heavy atom. The number of carbonyl (C=O) groups is 3. The lowest BCUT2D eigenvalue weighted by atomic mass is 10.2. The van der Waals surface area contributed by atoms with Gasteiger partial charge in [0.25, 0.3) is 17.1 Å². The van der Waals surface area contributed by atoms with Crippen molar-refractivity contribution in [3.63, 3.8) is 0 Å². The molecule has 6 nitrogen and oxygen atoms in total. The van der Waals surface area contributed by atoms with Gasteiger partial charge in [-0.2, -0.15) is 0 Å². The van der Waals surface area contributed by atoms with Crippen LogP contribution in [0.3, 0.4) is 0 Å². The van der Waals surface area contributed by atoms with Crippen LogP contribution in [0.2, 0.25) is 0 Å². The van der Waals surface area contributed by atoms with Gasteiger partial charge in [-0.3, -0.25) is 19.3 Å². The highest BCUT2D eigenvalue weighted by atomic mass is 79.9. The Labute approximate surface area is 184 Å². The van der Waals surface area contributed by atoms with E-state index in [4.69, 9.17) is 11.2 Å². The molecular weight excluding hydrogens is 475 g/mol. The molecule has 1 heterocycles. The molecule has 0 radical (unpaired) electrons. The fourth-order valence-electron chi connectivity index (χ4n) is 2.48. The number of hydrogen-bond donors (Lipinski definition) is 1. The van der Waals surface area contributed by atoms with E-state index < -0.39 is 22.9 Å². The van der Waals surface area contributed by atoms with Crippen molar-refractivity contribution in [2.24, 2.45) is 0 Å². The van der Waals surface area contributed by atoms with Gasteiger partial charge in [0.1, 0.15) is 11.6 Å². The van der Waals surface area contributed by atoms with E-state index in [9.17, 15) is 18.8 Å². The number of carbonyl (C=O) groups excluding carboxylic acids is 3. The minimum Gasteiger partial charge on any atom is -0.483 e. The zero-order valence-electron chi connectivity index (χ0n) is 15.4. The number of amides is 3. The van der Waals surface area contributed by atoms with Gasteiger partial charge >= 0.3 is 0 Å². The molecule has 1 N–H and O–H groups in total. The number of thioether (sulfide) groups is 1. The zero-order valence-corrected chi connectivity index (χ0v) is 17.8. The molecule has 30 heavy (non-hydrogen) atoms. The second-order valence-corrected chi connectivity index (χ2v) is 7.85. The first-order valence-electron chi connectivity index (χ1n) is 8.54. The van der Waals surface area contributed by atoms with Crippen molar-refractivity contribution >= 4 is 56.5 Å². The normalized spacial score (nSPS) is 14.7. The predicted octanol–water partition coefficient (Wildman–Crippen LogP) is 4.28. The number of nitrogens with zero attached hydrogens (tertiary/aromatic N) is 1. The smallest absolute Gasteiger partial charge is 0.294 e. The monoisotopic (exact) mass is 488 g/mol. The van der Waals surface area contributed by atoms with Gasteiger partial charge in [0, 0.05) is 5.69 Å². The summed E-state index contributed by atoms with van der Waals surface area (Å²) in [6, 6.07) is 10.4. The highest BCUT2D eigenvalue weighted by Crippen LogP contribution is 2.33. The van der Waals surface area contributed by atoms with Crippen molar-refractivity contribution in [2.75, 3.05) is 18.5 Å². The molecule has 0 bridgehead atoms. The molecule has 0 saturated carbocycles. The lowest BCUT2D eigenvalue weighted by Gasteiger charge is -2.10. The Kier molecular flexibility index (Phi) is 6.92. The summed E-state index contributed by atoms with van der Waals surface area (Å²) in [4.78, 5) is 37.3. The SMILES string of the molecule is C#CCN1C(=O)S/C(=C\c2ccc(OCC(=O)Nc3ccc(F)cc3)c(Br)c2)C1=O. The maximum Gasteiger partial charge on any atom is 0.294 e. The third kappa shape index (κ3) is 5.28.